The predicted octanol–water partition coefficient (Wildman–Crippen LogP) is 3.37. The van der Waals surface area contributed by atoms with Crippen LogP contribution in [0, 0.1) is 10.1 Å². The van der Waals surface area contributed by atoms with Crippen molar-refractivity contribution in [1.82, 2.24) is 10.2 Å². The molecule has 28 heavy (non-hydrogen) atoms. The highest BCUT2D eigenvalue weighted by Gasteiger charge is 2.19. The molecule has 1 N–H and O–H groups in total. The van der Waals surface area contributed by atoms with Gasteiger partial charge < -0.3 is 14.8 Å². The third kappa shape index (κ3) is 5.21. The van der Waals surface area contributed by atoms with Crippen molar-refractivity contribution in [1.29, 1.82) is 0 Å². The Morgan fingerprint density at radius 2 is 1.93 bits per heavy atom. The molecule has 7 heteroatoms. The van der Waals surface area contributed by atoms with Crippen LogP contribution in [0.25, 0.3) is 0 Å². The van der Waals surface area contributed by atoms with Gasteiger partial charge in [0.1, 0.15) is 6.61 Å². The predicted molar refractivity (Wildman–Crippen MR) is 108 cm³/mol. The maximum absolute atomic E-state index is 10.8. The summed E-state index contributed by atoms with van der Waals surface area (Å²) in [6.07, 6.45) is 2.42. The fourth-order valence-corrected chi connectivity index (χ4v) is 3.50. The fraction of sp³-hybridized carbons (Fsp3) is 0.429. The van der Waals surface area contributed by atoms with Crippen LogP contribution >= 0.6 is 0 Å². The lowest BCUT2D eigenvalue weighted by Gasteiger charge is -2.32. The zero-order valence-electron chi connectivity index (χ0n) is 16.4. The number of nitrogens with zero attached hydrogens (tertiary/aromatic N) is 2. The minimum absolute atomic E-state index is 0.0738. The van der Waals surface area contributed by atoms with Gasteiger partial charge in [0.05, 0.1) is 12.0 Å². The average Bonchev–Trinajstić information content (AvgIpc) is 2.73. The van der Waals surface area contributed by atoms with E-state index in [1.807, 2.05) is 19.2 Å². The lowest BCUT2D eigenvalue weighted by Crippen LogP contribution is -2.43. The molecule has 3 rings (SSSR count). The van der Waals surface area contributed by atoms with E-state index >= 15 is 0 Å². The second-order valence-electron chi connectivity index (χ2n) is 7.06. The summed E-state index contributed by atoms with van der Waals surface area (Å²) in [7, 11) is 3.64. The van der Waals surface area contributed by atoms with E-state index in [-0.39, 0.29) is 5.69 Å². The van der Waals surface area contributed by atoms with Crippen molar-refractivity contribution in [2.45, 2.75) is 32.0 Å². The summed E-state index contributed by atoms with van der Waals surface area (Å²) in [6.45, 7) is 3.34. The van der Waals surface area contributed by atoms with Crippen LogP contribution in [-0.4, -0.2) is 43.1 Å². The maximum atomic E-state index is 10.8. The van der Waals surface area contributed by atoms with Crippen LogP contribution in [0.2, 0.25) is 0 Å². The number of nitro benzene ring substituents is 1. The van der Waals surface area contributed by atoms with Gasteiger partial charge in [0.15, 0.2) is 11.5 Å². The number of rotatable bonds is 8. The minimum atomic E-state index is -0.406. The van der Waals surface area contributed by atoms with Gasteiger partial charge in [-0.15, -0.1) is 0 Å². The van der Waals surface area contributed by atoms with Gasteiger partial charge >= 0.3 is 0 Å². The van der Waals surface area contributed by atoms with Crippen LogP contribution in [0.1, 0.15) is 24.0 Å². The molecule has 1 aliphatic heterocycles. The van der Waals surface area contributed by atoms with E-state index in [9.17, 15) is 10.1 Å². The number of piperidine rings is 1. The quantitative estimate of drug-likeness (QED) is 0.555. The first-order valence-corrected chi connectivity index (χ1v) is 9.51. The van der Waals surface area contributed by atoms with Crippen LogP contribution in [0.4, 0.5) is 5.69 Å². The molecular weight excluding hydrogens is 358 g/mol. The molecule has 0 aliphatic carbocycles. The Morgan fingerprint density at radius 1 is 1.18 bits per heavy atom. The summed E-state index contributed by atoms with van der Waals surface area (Å²) in [5.41, 5.74) is 2.12. The van der Waals surface area contributed by atoms with Crippen molar-refractivity contribution in [3.05, 3.63) is 63.7 Å². The minimum Gasteiger partial charge on any atom is -0.493 e. The molecule has 1 fully saturated rings. The van der Waals surface area contributed by atoms with Crippen molar-refractivity contribution >= 4 is 5.69 Å². The number of likely N-dealkylation sites (tertiary alicyclic amines) is 1. The Kier molecular flexibility index (Phi) is 6.84. The molecule has 0 saturated carbocycles. The normalized spacial score (nSPS) is 17.3. The summed E-state index contributed by atoms with van der Waals surface area (Å²) < 4.78 is 11.4. The molecule has 7 nitrogen and oxygen atoms in total. The Hall–Kier alpha value is -2.64. The highest BCUT2D eigenvalue weighted by molar-refractivity contribution is 5.43. The molecule has 1 atom stereocenters. The fourth-order valence-electron chi connectivity index (χ4n) is 3.50. The van der Waals surface area contributed by atoms with E-state index in [1.165, 1.54) is 30.5 Å². The van der Waals surface area contributed by atoms with Gasteiger partial charge in [-0.25, -0.2) is 0 Å². The molecule has 150 valence electrons. The first-order valence-electron chi connectivity index (χ1n) is 9.51. The molecule has 2 aromatic carbocycles. The molecule has 0 bridgehead atoms. The van der Waals surface area contributed by atoms with Gasteiger partial charge in [-0.05, 0) is 61.8 Å². The number of methoxy groups -OCH3 is 1. The first kappa shape index (κ1) is 20.1. The standard InChI is InChI=1S/C21H27N3O4/c1-22-18-4-3-11-23(14-18)13-17-7-10-20(27-2)21(12-17)28-15-16-5-8-19(9-6-16)24(25)26/h5-10,12,18,22H,3-4,11,13-15H2,1-2H3. The van der Waals surface area contributed by atoms with Gasteiger partial charge in [-0.2, -0.15) is 0 Å². The molecule has 0 spiro atoms. The number of non-ortho nitro benzene ring substituents is 1. The average molecular weight is 385 g/mol. The van der Waals surface area contributed by atoms with E-state index in [0.29, 0.717) is 24.1 Å². The van der Waals surface area contributed by atoms with E-state index in [1.54, 1.807) is 19.2 Å². The third-order valence-electron chi connectivity index (χ3n) is 5.09. The third-order valence-corrected chi connectivity index (χ3v) is 5.09. The Labute approximate surface area is 165 Å². The van der Waals surface area contributed by atoms with E-state index < -0.39 is 4.92 Å². The highest BCUT2D eigenvalue weighted by atomic mass is 16.6. The molecule has 2 aromatic rings. The number of nitro groups is 1. The summed E-state index contributed by atoms with van der Waals surface area (Å²) in [6, 6.07) is 13.0. The molecule has 0 amide bonds. The zero-order chi connectivity index (χ0) is 19.9. The molecule has 1 aliphatic rings. The Balaban J connectivity index is 1.66. The number of nitrogens with one attached hydrogen (secondary N) is 1. The van der Waals surface area contributed by atoms with Crippen molar-refractivity contribution in [3.63, 3.8) is 0 Å². The summed E-state index contributed by atoms with van der Waals surface area (Å²) in [4.78, 5) is 12.8. The van der Waals surface area contributed by atoms with E-state index in [0.717, 1.165) is 25.2 Å². The van der Waals surface area contributed by atoms with Gasteiger partial charge in [-0.1, -0.05) is 6.07 Å². The van der Waals surface area contributed by atoms with Crippen molar-refractivity contribution < 1.29 is 14.4 Å². The second kappa shape index (κ2) is 9.52. The molecular formula is C21H27N3O4. The number of hydrogen-bond acceptors (Lipinski definition) is 6. The van der Waals surface area contributed by atoms with Crippen molar-refractivity contribution in [2.24, 2.45) is 0 Å². The first-order chi connectivity index (χ1) is 13.6. The topological polar surface area (TPSA) is 76.9 Å². The largest absolute Gasteiger partial charge is 0.493 e. The SMILES string of the molecule is CNC1CCCN(Cc2ccc(OC)c(OCc3ccc([N+](=O)[O-])cc3)c2)C1. The maximum Gasteiger partial charge on any atom is 0.269 e. The zero-order valence-corrected chi connectivity index (χ0v) is 16.4. The van der Waals surface area contributed by atoms with E-state index in [2.05, 4.69) is 16.3 Å². The summed E-state index contributed by atoms with van der Waals surface area (Å²) >= 11 is 0. The van der Waals surface area contributed by atoms with Crippen LogP contribution in [0.3, 0.4) is 0 Å². The number of ether oxygens (including phenoxy) is 2. The molecule has 0 radical (unpaired) electrons. The lowest BCUT2D eigenvalue weighted by molar-refractivity contribution is -0.384. The molecule has 1 unspecified atom stereocenters. The van der Waals surface area contributed by atoms with E-state index in [4.69, 9.17) is 9.47 Å². The molecule has 1 saturated heterocycles. The van der Waals surface area contributed by atoms with Crippen LogP contribution in [0.15, 0.2) is 42.5 Å². The van der Waals surface area contributed by atoms with Crippen LogP contribution in [-0.2, 0) is 13.2 Å². The second-order valence-corrected chi connectivity index (χ2v) is 7.06. The number of hydrogen-bond donors (Lipinski definition) is 1. The summed E-state index contributed by atoms with van der Waals surface area (Å²) in [5.74, 6) is 1.36. The number of benzene rings is 2. The van der Waals surface area contributed by atoms with Crippen LogP contribution in [0.5, 0.6) is 11.5 Å². The Bertz CT molecular complexity index is 795. The van der Waals surface area contributed by atoms with Gasteiger partial charge in [-0.3, -0.25) is 15.0 Å². The monoisotopic (exact) mass is 385 g/mol. The number of likely N-dealkylation sites (N-methyl/N-ethyl adjacent to an activating group) is 1. The summed E-state index contributed by atoms with van der Waals surface area (Å²) in [5, 5.41) is 14.1. The molecule has 1 heterocycles. The molecule has 0 aromatic heterocycles. The lowest BCUT2D eigenvalue weighted by atomic mass is 10.0. The van der Waals surface area contributed by atoms with Gasteiger partial charge in [0.2, 0.25) is 0 Å². The van der Waals surface area contributed by atoms with Crippen LogP contribution < -0.4 is 14.8 Å². The Morgan fingerprint density at radius 3 is 2.61 bits per heavy atom. The van der Waals surface area contributed by atoms with Gasteiger partial charge in [0, 0.05) is 31.3 Å². The smallest absolute Gasteiger partial charge is 0.269 e. The van der Waals surface area contributed by atoms with Crippen molar-refractivity contribution in [2.75, 3.05) is 27.2 Å². The van der Waals surface area contributed by atoms with Gasteiger partial charge in [0.25, 0.3) is 5.69 Å². The van der Waals surface area contributed by atoms with Crippen molar-refractivity contribution in [3.8, 4) is 11.5 Å². The highest BCUT2D eigenvalue weighted by Crippen LogP contribution is 2.30.